The molecule has 2 N–H and O–H groups in total. The van der Waals surface area contributed by atoms with Gasteiger partial charge >= 0.3 is 15.5 Å². The van der Waals surface area contributed by atoms with Crippen molar-refractivity contribution in [1.82, 2.24) is 19.9 Å². The minimum absolute atomic E-state index is 0.0714. The van der Waals surface area contributed by atoms with Gasteiger partial charge in [0.15, 0.2) is 0 Å². The molecule has 1 saturated heterocycles. The maximum atomic E-state index is 13.7. The molecular formula is C26H30F3N5O4S. The van der Waals surface area contributed by atoms with E-state index in [0.717, 1.165) is 10.3 Å². The lowest BCUT2D eigenvalue weighted by Crippen LogP contribution is -2.60. The van der Waals surface area contributed by atoms with Crippen molar-refractivity contribution in [1.29, 1.82) is 5.26 Å². The molecule has 2 amide bonds. The number of carbonyl (C=O) groups is 2. The fourth-order valence-corrected chi connectivity index (χ4v) is 6.47. The Hall–Kier alpha value is -3.24. The first-order valence-electron chi connectivity index (χ1n) is 12.3. The Morgan fingerprint density at radius 1 is 1.18 bits per heavy atom. The van der Waals surface area contributed by atoms with Gasteiger partial charge in [0.25, 0.3) is 0 Å². The number of halogens is 3. The highest BCUT2D eigenvalue weighted by Crippen LogP contribution is 2.65. The number of hydrogen-bond donors (Lipinski definition) is 2. The van der Waals surface area contributed by atoms with Gasteiger partial charge in [0.2, 0.25) is 11.8 Å². The molecule has 1 aromatic carbocycles. The number of piperidine rings is 1. The fraction of sp³-hybridized carbons (Fsp3) is 0.538. The van der Waals surface area contributed by atoms with Gasteiger partial charge in [-0.05, 0) is 28.1 Å². The van der Waals surface area contributed by atoms with Crippen LogP contribution in [0.5, 0.6) is 0 Å². The van der Waals surface area contributed by atoms with E-state index < -0.39 is 50.9 Å². The molecule has 4 rings (SSSR count). The number of pyridine rings is 1. The molecule has 39 heavy (non-hydrogen) atoms. The van der Waals surface area contributed by atoms with Gasteiger partial charge in [-0.2, -0.15) is 23.2 Å². The second kappa shape index (κ2) is 9.45. The molecule has 1 aromatic heterocycles. The van der Waals surface area contributed by atoms with Crippen molar-refractivity contribution in [3.63, 3.8) is 0 Å². The Labute approximate surface area is 224 Å². The van der Waals surface area contributed by atoms with E-state index in [1.807, 2.05) is 26.0 Å². The van der Waals surface area contributed by atoms with Crippen molar-refractivity contribution in [2.75, 3.05) is 6.54 Å². The highest BCUT2D eigenvalue weighted by atomic mass is 32.2. The van der Waals surface area contributed by atoms with Gasteiger partial charge in [-0.1, -0.05) is 58.9 Å². The number of carbonyl (C=O) groups excluding carboxylic acids is 2. The number of nitrogens with zero attached hydrogens (tertiary/aromatic N) is 3. The second-order valence-corrected chi connectivity index (χ2v) is 13.5. The van der Waals surface area contributed by atoms with Crippen molar-refractivity contribution >= 4 is 32.6 Å². The summed E-state index contributed by atoms with van der Waals surface area (Å²) in [5.41, 5.74) is -6.74. The SMILES string of the molecule is CC(C)(C)[C@H](NS(=O)(=O)C(F)(F)F)C(=O)N1C[C@H]2[C@@H]([C@H]1C(=O)NC(C#N)c1cncc3ccccc13)C2(C)C. The molecule has 1 aliphatic carbocycles. The molecule has 0 spiro atoms. The first kappa shape index (κ1) is 28.8. The molecule has 1 aliphatic heterocycles. The number of amides is 2. The monoisotopic (exact) mass is 565 g/mol. The third-order valence-corrected chi connectivity index (χ3v) is 9.03. The highest BCUT2D eigenvalue weighted by molar-refractivity contribution is 7.90. The van der Waals surface area contributed by atoms with E-state index in [1.165, 1.54) is 31.7 Å². The Morgan fingerprint density at radius 2 is 1.82 bits per heavy atom. The lowest BCUT2D eigenvalue weighted by Gasteiger charge is -2.37. The minimum Gasteiger partial charge on any atom is -0.335 e. The standard InChI is InChI=1S/C26H30F3N5O4S/c1-24(2,3)21(33-39(37,38)26(27,28)29)23(36)34-13-17-19(25(17,4)5)20(34)22(35)32-18(10-30)16-12-31-11-14-8-6-7-9-15(14)16/h6-9,11-12,17-21,33H,13H2,1-5H3,(H,32,35)/t17-,18?,19-,20-,21+/m0/s1. The first-order chi connectivity index (χ1) is 17.9. The van der Waals surface area contributed by atoms with Gasteiger partial charge in [0, 0.05) is 29.9 Å². The van der Waals surface area contributed by atoms with E-state index in [9.17, 15) is 36.4 Å². The summed E-state index contributed by atoms with van der Waals surface area (Å²) in [6.07, 6.45) is 3.10. The molecule has 2 fully saturated rings. The van der Waals surface area contributed by atoms with Crippen LogP contribution in [-0.4, -0.2) is 54.3 Å². The predicted molar refractivity (Wildman–Crippen MR) is 136 cm³/mol. The molecule has 210 valence electrons. The number of rotatable bonds is 6. The van der Waals surface area contributed by atoms with Crippen molar-refractivity contribution in [3.8, 4) is 6.07 Å². The second-order valence-electron chi connectivity index (χ2n) is 11.8. The third-order valence-electron chi connectivity index (χ3n) is 7.88. The number of aromatic nitrogens is 1. The number of sulfonamides is 1. The van der Waals surface area contributed by atoms with Crippen LogP contribution in [0.15, 0.2) is 36.7 Å². The van der Waals surface area contributed by atoms with Gasteiger partial charge in [0.1, 0.15) is 18.1 Å². The molecule has 13 heteroatoms. The molecule has 2 heterocycles. The number of nitrogens with one attached hydrogen (secondary N) is 2. The summed E-state index contributed by atoms with van der Waals surface area (Å²) in [4.78, 5) is 32.7. The van der Waals surface area contributed by atoms with E-state index in [2.05, 4.69) is 16.4 Å². The van der Waals surface area contributed by atoms with Crippen LogP contribution in [0.4, 0.5) is 13.2 Å². The van der Waals surface area contributed by atoms with Crippen LogP contribution >= 0.6 is 0 Å². The number of nitriles is 1. The minimum atomic E-state index is -5.85. The van der Waals surface area contributed by atoms with Crippen LogP contribution in [0.25, 0.3) is 10.8 Å². The third kappa shape index (κ3) is 5.07. The topological polar surface area (TPSA) is 132 Å². The van der Waals surface area contributed by atoms with E-state index in [-0.39, 0.29) is 23.8 Å². The van der Waals surface area contributed by atoms with E-state index in [1.54, 1.807) is 18.3 Å². The Kier molecular flexibility index (Phi) is 6.97. The smallest absolute Gasteiger partial charge is 0.335 e. The quantitative estimate of drug-likeness (QED) is 0.553. The van der Waals surface area contributed by atoms with E-state index in [0.29, 0.717) is 10.9 Å². The zero-order valence-electron chi connectivity index (χ0n) is 22.1. The zero-order chi connectivity index (χ0) is 29.1. The number of hydrogen-bond acceptors (Lipinski definition) is 6. The molecule has 9 nitrogen and oxygen atoms in total. The van der Waals surface area contributed by atoms with Crippen molar-refractivity contribution in [3.05, 3.63) is 42.2 Å². The summed E-state index contributed by atoms with van der Waals surface area (Å²) in [6, 6.07) is 5.25. The van der Waals surface area contributed by atoms with Crippen molar-refractivity contribution in [2.24, 2.45) is 22.7 Å². The summed E-state index contributed by atoms with van der Waals surface area (Å²) in [5, 5.41) is 14.1. The molecule has 1 unspecified atom stereocenters. The van der Waals surface area contributed by atoms with Crippen LogP contribution in [0, 0.1) is 34.0 Å². The number of likely N-dealkylation sites (tertiary alicyclic amines) is 1. The van der Waals surface area contributed by atoms with Gasteiger partial charge in [-0.3, -0.25) is 14.6 Å². The van der Waals surface area contributed by atoms with Crippen LogP contribution in [0.3, 0.4) is 0 Å². The normalized spacial score (nSPS) is 24.0. The summed E-state index contributed by atoms with van der Waals surface area (Å²) in [6.45, 7) is 8.22. The largest absolute Gasteiger partial charge is 0.511 e. The van der Waals surface area contributed by atoms with Gasteiger partial charge in [-0.25, -0.2) is 8.42 Å². The van der Waals surface area contributed by atoms with Crippen LogP contribution in [-0.2, 0) is 19.6 Å². The molecule has 0 radical (unpaired) electrons. The summed E-state index contributed by atoms with van der Waals surface area (Å²) in [5.74, 6) is -2.01. The van der Waals surface area contributed by atoms with Gasteiger partial charge < -0.3 is 10.2 Å². The Balaban J connectivity index is 1.66. The van der Waals surface area contributed by atoms with Crippen LogP contribution in [0.1, 0.15) is 46.2 Å². The summed E-state index contributed by atoms with van der Waals surface area (Å²) >= 11 is 0. The van der Waals surface area contributed by atoms with Gasteiger partial charge in [-0.15, -0.1) is 0 Å². The van der Waals surface area contributed by atoms with Crippen LogP contribution in [0.2, 0.25) is 0 Å². The van der Waals surface area contributed by atoms with E-state index >= 15 is 0 Å². The molecule has 5 atom stereocenters. The van der Waals surface area contributed by atoms with Gasteiger partial charge in [0.05, 0.1) is 6.07 Å². The van der Waals surface area contributed by atoms with E-state index in [4.69, 9.17) is 0 Å². The maximum Gasteiger partial charge on any atom is 0.511 e. The average Bonchev–Trinajstić information content (AvgIpc) is 3.16. The highest BCUT2D eigenvalue weighted by Gasteiger charge is 2.70. The first-order valence-corrected chi connectivity index (χ1v) is 13.8. The van der Waals surface area contributed by atoms with Crippen molar-refractivity contribution < 1.29 is 31.2 Å². The maximum absolute atomic E-state index is 13.7. The Morgan fingerprint density at radius 3 is 2.41 bits per heavy atom. The number of alkyl halides is 3. The lowest BCUT2D eigenvalue weighted by molar-refractivity contribution is -0.143. The Bertz CT molecular complexity index is 1460. The number of fused-ring (bicyclic) bond motifs is 2. The van der Waals surface area contributed by atoms with Crippen LogP contribution < -0.4 is 10.0 Å². The molecule has 1 saturated carbocycles. The molecule has 2 aliphatic rings. The lowest BCUT2D eigenvalue weighted by atomic mass is 9.86. The summed E-state index contributed by atoms with van der Waals surface area (Å²) < 4.78 is 64.9. The van der Waals surface area contributed by atoms with Crippen molar-refractivity contribution in [2.45, 2.75) is 58.3 Å². The average molecular weight is 566 g/mol. The molecule has 0 bridgehead atoms. The fourth-order valence-electron chi connectivity index (χ4n) is 5.58. The summed E-state index contributed by atoms with van der Waals surface area (Å²) in [7, 11) is -5.85. The molecular weight excluding hydrogens is 535 g/mol. The predicted octanol–water partition coefficient (Wildman–Crippen LogP) is 3.25. The zero-order valence-corrected chi connectivity index (χ0v) is 22.9. The number of benzene rings is 1. The molecule has 2 aromatic rings.